The molecule has 0 radical (unpaired) electrons. The van der Waals surface area contributed by atoms with Gasteiger partial charge in [-0.1, -0.05) is 218 Å². The van der Waals surface area contributed by atoms with Gasteiger partial charge in [-0.3, -0.25) is 0 Å². The molecule has 60 heavy (non-hydrogen) atoms. The number of benzene rings is 11. The number of fused-ring (bicyclic) bond motifs is 5. The van der Waals surface area contributed by atoms with Gasteiger partial charge in [0.2, 0.25) is 0 Å². The van der Waals surface area contributed by atoms with Crippen molar-refractivity contribution in [1.82, 2.24) is 0 Å². The minimum Gasteiger partial charge on any atom is -0.0622 e. The summed E-state index contributed by atoms with van der Waals surface area (Å²) in [5, 5.41) is 9.78. The minimum absolute atomic E-state index is 1.01. The Morgan fingerprint density at radius 2 is 0.650 bits per heavy atom. The Balaban J connectivity index is 1.02. The lowest BCUT2D eigenvalue weighted by Crippen LogP contribution is -1.89. The SMILES string of the molecule is C(#Cc1cc2cc(-c3ccc(-c4cccc5ccccc45)cc3)ccc2c2ccc(-c3ccc(-c4cccc5ccccc45)cc3)cc12)c1ccccc1-c1ccccc1. The first-order valence-electron chi connectivity index (χ1n) is 20.6. The average molecular weight is 759 g/mol. The van der Waals surface area contributed by atoms with Crippen molar-refractivity contribution in [2.24, 2.45) is 0 Å². The van der Waals surface area contributed by atoms with Crippen LogP contribution in [0.25, 0.3) is 98.7 Å². The summed E-state index contributed by atoms with van der Waals surface area (Å²) in [6, 6.07) is 83.3. The van der Waals surface area contributed by atoms with Gasteiger partial charge in [0.05, 0.1) is 0 Å². The van der Waals surface area contributed by atoms with Gasteiger partial charge in [-0.25, -0.2) is 0 Å². The zero-order valence-electron chi connectivity index (χ0n) is 32.9. The van der Waals surface area contributed by atoms with Gasteiger partial charge in [-0.05, 0) is 123 Å². The summed E-state index contributed by atoms with van der Waals surface area (Å²) in [4.78, 5) is 0. The smallest absolute Gasteiger partial charge is 0.0334 e. The molecule has 0 fully saturated rings. The van der Waals surface area contributed by atoms with Gasteiger partial charge in [0.25, 0.3) is 0 Å². The molecule has 0 heteroatoms. The normalized spacial score (nSPS) is 11.2. The second kappa shape index (κ2) is 15.1. The molecule has 0 nitrogen and oxygen atoms in total. The highest BCUT2D eigenvalue weighted by atomic mass is 14.2. The molecule has 0 heterocycles. The summed E-state index contributed by atoms with van der Waals surface area (Å²) in [7, 11) is 0. The molecule has 11 aromatic rings. The summed E-state index contributed by atoms with van der Waals surface area (Å²) in [5.74, 6) is 7.30. The van der Waals surface area contributed by atoms with E-state index >= 15 is 0 Å². The van der Waals surface area contributed by atoms with E-state index in [1.807, 2.05) is 0 Å². The van der Waals surface area contributed by atoms with Crippen molar-refractivity contribution in [1.29, 1.82) is 0 Å². The zero-order valence-corrected chi connectivity index (χ0v) is 32.9. The van der Waals surface area contributed by atoms with Crippen LogP contribution in [0.3, 0.4) is 0 Å². The van der Waals surface area contributed by atoms with Crippen LogP contribution in [0.2, 0.25) is 0 Å². The molecular weight excluding hydrogens is 721 g/mol. The largest absolute Gasteiger partial charge is 0.0622 e. The Hall–Kier alpha value is -7.98. The Morgan fingerprint density at radius 1 is 0.200 bits per heavy atom. The molecule has 0 amide bonds. The predicted octanol–water partition coefficient (Wildman–Crippen LogP) is 16.0. The van der Waals surface area contributed by atoms with E-state index in [2.05, 4.69) is 242 Å². The van der Waals surface area contributed by atoms with Crippen LogP contribution in [0, 0.1) is 11.8 Å². The lowest BCUT2D eigenvalue weighted by molar-refractivity contribution is 1.58. The topological polar surface area (TPSA) is 0 Å². The standard InChI is InChI=1S/C60H38/c1-2-12-43(13-3-1)53-19-7-4-16-46(53)32-33-51-39-52-38-49(41-24-28-47(29-25-41)56-22-10-17-44-14-5-8-20-54(44)56)34-36-58(52)59-37-35-50(40-60(51)59)42-26-30-48(31-27-42)57-23-11-18-45-15-6-9-21-55(45)57/h1-31,34-40H. The molecule has 0 aromatic heterocycles. The summed E-state index contributed by atoms with van der Waals surface area (Å²) < 4.78 is 0. The van der Waals surface area contributed by atoms with Gasteiger partial charge >= 0.3 is 0 Å². The molecule has 11 aromatic carbocycles. The first-order valence-corrected chi connectivity index (χ1v) is 20.6. The fourth-order valence-corrected chi connectivity index (χ4v) is 8.86. The van der Waals surface area contributed by atoms with Crippen molar-refractivity contribution in [3.8, 4) is 67.5 Å². The highest BCUT2D eigenvalue weighted by Gasteiger charge is 2.12. The fraction of sp³-hybridized carbons (Fsp3) is 0. The third-order valence-electron chi connectivity index (χ3n) is 11.9. The molecule has 0 saturated carbocycles. The van der Waals surface area contributed by atoms with Gasteiger partial charge < -0.3 is 0 Å². The predicted molar refractivity (Wildman–Crippen MR) is 256 cm³/mol. The Bertz CT molecular complexity index is 3440. The summed E-state index contributed by atoms with van der Waals surface area (Å²) in [5.41, 5.74) is 14.0. The van der Waals surface area contributed by atoms with Crippen LogP contribution < -0.4 is 0 Å². The van der Waals surface area contributed by atoms with Crippen LogP contribution in [0.15, 0.2) is 231 Å². The minimum atomic E-state index is 1.01. The molecule has 278 valence electrons. The first kappa shape index (κ1) is 35.2. The molecule has 0 aliphatic rings. The highest BCUT2D eigenvalue weighted by Crippen LogP contribution is 2.37. The highest BCUT2D eigenvalue weighted by molar-refractivity contribution is 6.12. The molecule has 0 saturated heterocycles. The van der Waals surface area contributed by atoms with Gasteiger partial charge in [0.1, 0.15) is 0 Å². The van der Waals surface area contributed by atoms with Gasteiger partial charge in [0, 0.05) is 11.1 Å². The zero-order chi connectivity index (χ0) is 39.8. The Morgan fingerprint density at radius 3 is 1.30 bits per heavy atom. The number of rotatable bonds is 5. The fourth-order valence-electron chi connectivity index (χ4n) is 8.86. The van der Waals surface area contributed by atoms with Crippen molar-refractivity contribution >= 4 is 43.1 Å². The van der Waals surface area contributed by atoms with E-state index in [4.69, 9.17) is 0 Å². The molecule has 0 atom stereocenters. The van der Waals surface area contributed by atoms with E-state index in [1.165, 1.54) is 82.2 Å². The van der Waals surface area contributed by atoms with Crippen LogP contribution in [0.4, 0.5) is 0 Å². The summed E-state index contributed by atoms with van der Waals surface area (Å²) in [6.45, 7) is 0. The van der Waals surface area contributed by atoms with Crippen molar-refractivity contribution in [2.45, 2.75) is 0 Å². The molecule has 0 aliphatic heterocycles. The second-order valence-corrected chi connectivity index (χ2v) is 15.5. The Labute approximate surface area is 350 Å². The van der Waals surface area contributed by atoms with Crippen LogP contribution in [0.5, 0.6) is 0 Å². The van der Waals surface area contributed by atoms with E-state index in [0.717, 1.165) is 27.6 Å². The number of hydrogen-bond donors (Lipinski definition) is 0. The molecule has 0 aliphatic carbocycles. The second-order valence-electron chi connectivity index (χ2n) is 15.5. The van der Waals surface area contributed by atoms with Crippen molar-refractivity contribution in [2.75, 3.05) is 0 Å². The summed E-state index contributed by atoms with van der Waals surface area (Å²) >= 11 is 0. The van der Waals surface area contributed by atoms with Gasteiger partial charge in [-0.2, -0.15) is 0 Å². The van der Waals surface area contributed by atoms with Crippen LogP contribution >= 0.6 is 0 Å². The lowest BCUT2D eigenvalue weighted by Gasteiger charge is -2.13. The van der Waals surface area contributed by atoms with E-state index in [-0.39, 0.29) is 0 Å². The van der Waals surface area contributed by atoms with E-state index in [9.17, 15) is 0 Å². The Kier molecular flexibility index (Phi) is 8.85. The van der Waals surface area contributed by atoms with Gasteiger partial charge in [-0.15, -0.1) is 0 Å². The van der Waals surface area contributed by atoms with Crippen LogP contribution in [0.1, 0.15) is 11.1 Å². The van der Waals surface area contributed by atoms with Crippen LogP contribution in [-0.4, -0.2) is 0 Å². The van der Waals surface area contributed by atoms with E-state index in [1.54, 1.807) is 0 Å². The maximum atomic E-state index is 3.68. The third kappa shape index (κ3) is 6.50. The van der Waals surface area contributed by atoms with E-state index < -0.39 is 0 Å². The van der Waals surface area contributed by atoms with E-state index in [0.29, 0.717) is 0 Å². The molecule has 0 N–H and O–H groups in total. The monoisotopic (exact) mass is 758 g/mol. The molecule has 0 bridgehead atoms. The average Bonchev–Trinajstić information content (AvgIpc) is 3.33. The lowest BCUT2D eigenvalue weighted by atomic mass is 9.91. The maximum absolute atomic E-state index is 3.68. The molecule has 0 unspecified atom stereocenters. The maximum Gasteiger partial charge on any atom is 0.0334 e. The first-order chi connectivity index (χ1) is 29.7. The van der Waals surface area contributed by atoms with Gasteiger partial charge in [0.15, 0.2) is 0 Å². The molecule has 11 rings (SSSR count). The number of hydrogen-bond acceptors (Lipinski definition) is 0. The third-order valence-corrected chi connectivity index (χ3v) is 11.9. The van der Waals surface area contributed by atoms with Crippen molar-refractivity contribution in [3.05, 3.63) is 242 Å². The molecular formula is C60H38. The molecule has 0 spiro atoms. The van der Waals surface area contributed by atoms with Crippen LogP contribution in [-0.2, 0) is 0 Å². The quantitative estimate of drug-likeness (QED) is 0.121. The summed E-state index contributed by atoms with van der Waals surface area (Å²) in [6.07, 6.45) is 0. The van der Waals surface area contributed by atoms with Crippen molar-refractivity contribution < 1.29 is 0 Å². The van der Waals surface area contributed by atoms with Crippen molar-refractivity contribution in [3.63, 3.8) is 0 Å².